The van der Waals surface area contributed by atoms with Gasteiger partial charge in [0.05, 0.1) is 5.39 Å². The smallest absolute Gasteiger partial charge is 0.220 e. The lowest BCUT2D eigenvalue weighted by Crippen LogP contribution is -2.38. The van der Waals surface area contributed by atoms with Crippen molar-refractivity contribution in [1.82, 2.24) is 20.2 Å². The number of rotatable bonds is 7. The Morgan fingerprint density at radius 3 is 2.62 bits per heavy atom. The van der Waals surface area contributed by atoms with Crippen LogP contribution in [0.25, 0.3) is 21.3 Å². The molecule has 1 N–H and O–H groups in total. The molecule has 4 heterocycles. The van der Waals surface area contributed by atoms with Crippen LogP contribution in [0.5, 0.6) is 0 Å². The Balaban J connectivity index is 1.19. The van der Waals surface area contributed by atoms with E-state index in [1.54, 1.807) is 17.7 Å². The van der Waals surface area contributed by atoms with Gasteiger partial charge in [0.2, 0.25) is 5.91 Å². The molecule has 6 nitrogen and oxygen atoms in total. The number of amides is 1. The number of nitrogens with zero attached hydrogens (tertiary/aromatic N) is 4. The number of benzene rings is 1. The van der Waals surface area contributed by atoms with E-state index >= 15 is 0 Å². The molecule has 2 aromatic heterocycles. The maximum absolute atomic E-state index is 12.4. The van der Waals surface area contributed by atoms with Crippen molar-refractivity contribution in [2.24, 2.45) is 5.92 Å². The molecule has 0 unspecified atom stereocenters. The standard InChI is InChI=1S/C25H31N5OS/c31-22(26-10-15-29-11-4-5-12-29)16-19-8-13-30(14-9-19)24-23-21(20-6-2-1-3-7-20)17-32-25(23)28-18-27-24/h1-3,6-7,17-19H,4-5,8-16H2,(H,26,31). The summed E-state index contributed by atoms with van der Waals surface area (Å²) in [5.41, 5.74) is 2.41. The first-order valence-electron chi connectivity index (χ1n) is 11.8. The molecular formula is C25H31N5OS. The quantitative estimate of drug-likeness (QED) is 0.586. The summed E-state index contributed by atoms with van der Waals surface area (Å²) in [5.74, 6) is 1.69. The van der Waals surface area contributed by atoms with E-state index in [1.807, 2.05) is 6.07 Å². The normalized spacial score (nSPS) is 17.8. The first-order valence-corrected chi connectivity index (χ1v) is 12.7. The van der Waals surface area contributed by atoms with E-state index in [-0.39, 0.29) is 5.91 Å². The number of piperidine rings is 1. The van der Waals surface area contributed by atoms with Gasteiger partial charge in [-0.2, -0.15) is 0 Å². The largest absolute Gasteiger partial charge is 0.356 e. The number of hydrogen-bond acceptors (Lipinski definition) is 6. The number of carbonyl (C=O) groups excluding carboxylic acids is 1. The van der Waals surface area contributed by atoms with Gasteiger partial charge in [0.25, 0.3) is 0 Å². The second-order valence-corrected chi connectivity index (χ2v) is 9.78. The minimum Gasteiger partial charge on any atom is -0.356 e. The first kappa shape index (κ1) is 21.3. The van der Waals surface area contributed by atoms with Gasteiger partial charge in [-0.05, 0) is 50.3 Å². The number of thiophene rings is 1. The average Bonchev–Trinajstić information content (AvgIpc) is 3.50. The summed E-state index contributed by atoms with van der Waals surface area (Å²) in [7, 11) is 0. The molecule has 2 aliphatic heterocycles. The van der Waals surface area contributed by atoms with E-state index in [4.69, 9.17) is 4.98 Å². The molecule has 2 fully saturated rings. The number of likely N-dealkylation sites (tertiary alicyclic amines) is 1. The van der Waals surface area contributed by atoms with Gasteiger partial charge < -0.3 is 15.1 Å². The topological polar surface area (TPSA) is 61.4 Å². The molecule has 0 atom stereocenters. The minimum absolute atomic E-state index is 0.205. The van der Waals surface area contributed by atoms with E-state index < -0.39 is 0 Å². The number of aromatic nitrogens is 2. The van der Waals surface area contributed by atoms with Gasteiger partial charge in [0, 0.05) is 43.5 Å². The number of carbonyl (C=O) groups is 1. The van der Waals surface area contributed by atoms with Gasteiger partial charge in [0.15, 0.2) is 0 Å². The summed E-state index contributed by atoms with van der Waals surface area (Å²) in [6, 6.07) is 10.5. The van der Waals surface area contributed by atoms with Crippen LogP contribution in [0, 0.1) is 5.92 Å². The third-order valence-corrected chi connectivity index (χ3v) is 7.66. The van der Waals surface area contributed by atoms with E-state index in [0.717, 1.165) is 55.1 Å². The van der Waals surface area contributed by atoms with Crippen molar-refractivity contribution in [3.63, 3.8) is 0 Å². The molecule has 3 aromatic rings. The van der Waals surface area contributed by atoms with E-state index in [2.05, 4.69) is 49.7 Å². The lowest BCUT2D eigenvalue weighted by Gasteiger charge is -2.33. The fourth-order valence-corrected chi connectivity index (χ4v) is 5.88. The number of anilines is 1. The van der Waals surface area contributed by atoms with Crippen LogP contribution in [0.1, 0.15) is 32.1 Å². The molecule has 7 heteroatoms. The SMILES string of the molecule is O=C(CC1CCN(c2ncnc3scc(-c4ccccc4)c23)CC1)NCCN1CCCC1. The number of fused-ring (bicyclic) bond motifs is 1. The highest BCUT2D eigenvalue weighted by Gasteiger charge is 2.25. The summed E-state index contributed by atoms with van der Waals surface area (Å²) in [5, 5.41) is 6.48. The highest BCUT2D eigenvalue weighted by molar-refractivity contribution is 7.17. The summed E-state index contributed by atoms with van der Waals surface area (Å²) in [6.07, 6.45) is 6.96. The maximum Gasteiger partial charge on any atom is 0.220 e. The Labute approximate surface area is 193 Å². The average molecular weight is 450 g/mol. The minimum atomic E-state index is 0.205. The molecule has 2 saturated heterocycles. The molecule has 0 aliphatic carbocycles. The first-order chi connectivity index (χ1) is 15.8. The Kier molecular flexibility index (Phi) is 6.64. The van der Waals surface area contributed by atoms with E-state index in [9.17, 15) is 4.79 Å². The van der Waals surface area contributed by atoms with Crippen molar-refractivity contribution in [3.05, 3.63) is 42.0 Å². The summed E-state index contributed by atoms with van der Waals surface area (Å²) in [4.78, 5) is 27.5. The molecule has 168 valence electrons. The van der Waals surface area contributed by atoms with Crippen molar-refractivity contribution in [2.75, 3.05) is 44.2 Å². The van der Waals surface area contributed by atoms with Gasteiger partial charge in [-0.1, -0.05) is 30.3 Å². The van der Waals surface area contributed by atoms with Gasteiger partial charge in [-0.15, -0.1) is 11.3 Å². The second-order valence-electron chi connectivity index (χ2n) is 8.93. The number of hydrogen-bond donors (Lipinski definition) is 1. The lowest BCUT2D eigenvalue weighted by molar-refractivity contribution is -0.122. The van der Waals surface area contributed by atoms with Crippen LogP contribution in [-0.2, 0) is 4.79 Å². The molecule has 0 bridgehead atoms. The summed E-state index contributed by atoms with van der Waals surface area (Å²) < 4.78 is 0. The van der Waals surface area contributed by atoms with E-state index in [0.29, 0.717) is 12.3 Å². The molecule has 0 spiro atoms. The molecular weight excluding hydrogens is 418 g/mol. The fraction of sp³-hybridized carbons (Fsp3) is 0.480. The number of nitrogens with one attached hydrogen (secondary N) is 1. The molecule has 32 heavy (non-hydrogen) atoms. The molecule has 1 aromatic carbocycles. The monoisotopic (exact) mass is 449 g/mol. The van der Waals surface area contributed by atoms with Crippen LogP contribution in [0.2, 0.25) is 0 Å². The fourth-order valence-electron chi connectivity index (χ4n) is 4.97. The summed E-state index contributed by atoms with van der Waals surface area (Å²) in [6.45, 7) is 5.99. The molecule has 5 rings (SSSR count). The zero-order valence-electron chi connectivity index (χ0n) is 18.5. The van der Waals surface area contributed by atoms with Crippen LogP contribution in [0.4, 0.5) is 5.82 Å². The zero-order valence-corrected chi connectivity index (χ0v) is 19.3. The Hall–Kier alpha value is -2.51. The molecule has 0 radical (unpaired) electrons. The van der Waals surface area contributed by atoms with Crippen LogP contribution < -0.4 is 10.2 Å². The van der Waals surface area contributed by atoms with Gasteiger partial charge in [0.1, 0.15) is 17.0 Å². The third-order valence-electron chi connectivity index (χ3n) is 6.77. The lowest BCUT2D eigenvalue weighted by atomic mass is 9.93. The third kappa shape index (κ3) is 4.79. The summed E-state index contributed by atoms with van der Waals surface area (Å²) >= 11 is 1.68. The van der Waals surface area contributed by atoms with Crippen molar-refractivity contribution in [1.29, 1.82) is 0 Å². The van der Waals surface area contributed by atoms with Crippen LogP contribution in [0.3, 0.4) is 0 Å². The predicted octanol–water partition coefficient (Wildman–Crippen LogP) is 4.18. The molecule has 0 saturated carbocycles. The highest BCUT2D eigenvalue weighted by atomic mass is 32.1. The second kappa shape index (κ2) is 9.96. The highest BCUT2D eigenvalue weighted by Crippen LogP contribution is 2.38. The molecule has 2 aliphatic rings. The van der Waals surface area contributed by atoms with Crippen LogP contribution in [0.15, 0.2) is 42.0 Å². The van der Waals surface area contributed by atoms with Gasteiger partial charge >= 0.3 is 0 Å². The zero-order chi connectivity index (χ0) is 21.8. The van der Waals surface area contributed by atoms with Crippen molar-refractivity contribution in [3.8, 4) is 11.1 Å². The Bertz CT molecular complexity index is 1040. The van der Waals surface area contributed by atoms with Gasteiger partial charge in [-0.3, -0.25) is 4.79 Å². The van der Waals surface area contributed by atoms with E-state index in [1.165, 1.54) is 37.1 Å². The predicted molar refractivity (Wildman–Crippen MR) is 131 cm³/mol. The van der Waals surface area contributed by atoms with Crippen molar-refractivity contribution in [2.45, 2.75) is 32.1 Å². The Morgan fingerprint density at radius 2 is 1.84 bits per heavy atom. The maximum atomic E-state index is 12.4. The molecule has 1 amide bonds. The Morgan fingerprint density at radius 1 is 1.06 bits per heavy atom. The van der Waals surface area contributed by atoms with Crippen LogP contribution >= 0.6 is 11.3 Å². The van der Waals surface area contributed by atoms with Gasteiger partial charge in [-0.25, -0.2) is 9.97 Å². The van der Waals surface area contributed by atoms with Crippen molar-refractivity contribution >= 4 is 33.3 Å². The van der Waals surface area contributed by atoms with Crippen molar-refractivity contribution < 1.29 is 4.79 Å². The van der Waals surface area contributed by atoms with Crippen LogP contribution in [-0.4, -0.2) is 60.0 Å².